The average molecular weight is 293 g/mol. The van der Waals surface area contributed by atoms with E-state index in [1.54, 1.807) is 6.07 Å². The summed E-state index contributed by atoms with van der Waals surface area (Å²) in [6.45, 7) is 2.23. The lowest BCUT2D eigenvalue weighted by Gasteiger charge is -2.04. The first-order valence-corrected chi connectivity index (χ1v) is 8.07. The van der Waals surface area contributed by atoms with E-state index in [0.29, 0.717) is 12.2 Å². The maximum Gasteiger partial charge on any atom is 0.346 e. The molecule has 0 saturated heterocycles. The standard InChI is InChI=1S/C16H27N3O2/c1-2-3-4-5-6-7-8-9-10-11-15(20)18-14-12-13-17-16(21)19-14/h12-13H,2-11H2,1H3,(H2,17,18,19,20,21). The molecule has 0 bridgehead atoms. The van der Waals surface area contributed by atoms with Crippen LogP contribution in [0.25, 0.3) is 0 Å². The third kappa shape index (κ3) is 9.00. The van der Waals surface area contributed by atoms with Crippen molar-refractivity contribution < 1.29 is 4.79 Å². The molecule has 0 spiro atoms. The summed E-state index contributed by atoms with van der Waals surface area (Å²) in [5.41, 5.74) is -0.448. The lowest BCUT2D eigenvalue weighted by molar-refractivity contribution is -0.116. The van der Waals surface area contributed by atoms with Crippen molar-refractivity contribution in [2.24, 2.45) is 0 Å². The van der Waals surface area contributed by atoms with Crippen LogP contribution in [0.15, 0.2) is 17.1 Å². The number of hydrogen-bond donors (Lipinski definition) is 2. The summed E-state index contributed by atoms with van der Waals surface area (Å²) in [6.07, 6.45) is 13.0. The smallest absolute Gasteiger partial charge is 0.312 e. The molecule has 118 valence electrons. The molecule has 0 saturated carbocycles. The van der Waals surface area contributed by atoms with E-state index in [2.05, 4.69) is 22.2 Å². The van der Waals surface area contributed by atoms with Gasteiger partial charge < -0.3 is 5.32 Å². The van der Waals surface area contributed by atoms with Gasteiger partial charge in [0.2, 0.25) is 5.91 Å². The van der Waals surface area contributed by atoms with Crippen LogP contribution in [0.5, 0.6) is 0 Å². The summed E-state index contributed by atoms with van der Waals surface area (Å²) in [4.78, 5) is 28.6. The van der Waals surface area contributed by atoms with Crippen LogP contribution < -0.4 is 11.0 Å². The van der Waals surface area contributed by atoms with Gasteiger partial charge in [-0.1, -0.05) is 58.3 Å². The van der Waals surface area contributed by atoms with Crippen molar-refractivity contribution in [3.8, 4) is 0 Å². The van der Waals surface area contributed by atoms with Gasteiger partial charge in [0.05, 0.1) is 0 Å². The second-order valence-corrected chi connectivity index (χ2v) is 5.42. The van der Waals surface area contributed by atoms with Gasteiger partial charge >= 0.3 is 5.69 Å². The minimum absolute atomic E-state index is 0.0557. The Labute approximate surface area is 126 Å². The quantitative estimate of drug-likeness (QED) is 0.612. The predicted molar refractivity (Wildman–Crippen MR) is 85.3 cm³/mol. The Morgan fingerprint density at radius 3 is 2.33 bits per heavy atom. The summed E-state index contributed by atoms with van der Waals surface area (Å²) >= 11 is 0. The molecule has 0 fully saturated rings. The molecule has 0 unspecified atom stereocenters. The summed E-state index contributed by atoms with van der Waals surface area (Å²) < 4.78 is 0. The molecule has 0 aliphatic rings. The summed E-state index contributed by atoms with van der Waals surface area (Å²) in [5.74, 6) is 0.357. The van der Waals surface area contributed by atoms with Gasteiger partial charge in [-0.15, -0.1) is 0 Å². The molecule has 1 rings (SSSR count). The number of hydrogen-bond acceptors (Lipinski definition) is 3. The number of carbonyl (C=O) groups is 1. The second-order valence-electron chi connectivity index (χ2n) is 5.42. The van der Waals surface area contributed by atoms with Crippen molar-refractivity contribution in [2.75, 3.05) is 5.32 Å². The topological polar surface area (TPSA) is 74.8 Å². The van der Waals surface area contributed by atoms with Gasteiger partial charge in [-0.25, -0.2) is 9.78 Å². The number of carbonyl (C=O) groups excluding carboxylic acids is 1. The van der Waals surface area contributed by atoms with E-state index >= 15 is 0 Å². The van der Waals surface area contributed by atoms with Gasteiger partial charge in [-0.3, -0.25) is 9.78 Å². The molecule has 1 aromatic heterocycles. The molecule has 1 aromatic rings. The average Bonchev–Trinajstić information content (AvgIpc) is 2.45. The zero-order chi connectivity index (χ0) is 15.3. The zero-order valence-electron chi connectivity index (χ0n) is 13.0. The third-order valence-electron chi connectivity index (χ3n) is 3.46. The Bertz CT molecular complexity index is 457. The molecule has 0 aliphatic carbocycles. The van der Waals surface area contributed by atoms with Gasteiger partial charge in [-0.05, 0) is 12.5 Å². The van der Waals surface area contributed by atoms with Crippen LogP contribution in [0.3, 0.4) is 0 Å². The first-order valence-electron chi connectivity index (χ1n) is 8.07. The van der Waals surface area contributed by atoms with Crippen molar-refractivity contribution in [1.29, 1.82) is 0 Å². The molecular formula is C16H27N3O2. The first kappa shape index (κ1) is 17.4. The molecule has 1 heterocycles. The maximum absolute atomic E-state index is 11.7. The highest BCUT2D eigenvalue weighted by Gasteiger charge is 2.02. The van der Waals surface area contributed by atoms with E-state index in [1.807, 2.05) is 0 Å². The SMILES string of the molecule is CCCCCCCCCCCC(=O)Nc1ccnc(=O)[nH]1. The molecule has 0 radical (unpaired) electrons. The first-order chi connectivity index (χ1) is 10.2. The van der Waals surface area contributed by atoms with Crippen LogP contribution >= 0.6 is 0 Å². The molecule has 1 amide bonds. The van der Waals surface area contributed by atoms with Crippen LogP contribution in [0.4, 0.5) is 5.82 Å². The fraction of sp³-hybridized carbons (Fsp3) is 0.688. The highest BCUT2D eigenvalue weighted by Crippen LogP contribution is 2.10. The van der Waals surface area contributed by atoms with Crippen molar-refractivity contribution in [1.82, 2.24) is 9.97 Å². The van der Waals surface area contributed by atoms with Crippen LogP contribution in [0.2, 0.25) is 0 Å². The number of rotatable bonds is 11. The van der Waals surface area contributed by atoms with E-state index in [-0.39, 0.29) is 5.91 Å². The lowest BCUT2D eigenvalue weighted by Crippen LogP contribution is -2.17. The fourth-order valence-electron chi connectivity index (χ4n) is 2.25. The summed E-state index contributed by atoms with van der Waals surface area (Å²) in [6, 6.07) is 1.58. The Morgan fingerprint density at radius 1 is 1.10 bits per heavy atom. The summed E-state index contributed by atoms with van der Waals surface area (Å²) in [5, 5.41) is 2.67. The monoisotopic (exact) mass is 293 g/mol. The Hall–Kier alpha value is -1.65. The highest BCUT2D eigenvalue weighted by molar-refractivity contribution is 5.89. The number of anilines is 1. The van der Waals surface area contributed by atoms with Gasteiger partial charge in [-0.2, -0.15) is 0 Å². The van der Waals surface area contributed by atoms with Crippen LogP contribution in [-0.2, 0) is 4.79 Å². The molecule has 5 heteroatoms. The Morgan fingerprint density at radius 2 is 1.71 bits per heavy atom. The number of aromatic nitrogens is 2. The number of unbranched alkanes of at least 4 members (excludes halogenated alkanes) is 8. The Balaban J connectivity index is 2.00. The normalized spacial score (nSPS) is 10.5. The van der Waals surface area contributed by atoms with Gasteiger partial charge in [0.25, 0.3) is 0 Å². The lowest BCUT2D eigenvalue weighted by atomic mass is 10.1. The highest BCUT2D eigenvalue weighted by atomic mass is 16.2. The van der Waals surface area contributed by atoms with Gasteiger partial charge in [0.1, 0.15) is 5.82 Å². The van der Waals surface area contributed by atoms with Crippen molar-refractivity contribution in [3.05, 3.63) is 22.7 Å². The molecular weight excluding hydrogens is 266 g/mol. The minimum Gasteiger partial charge on any atom is -0.312 e. The number of H-pyrrole nitrogens is 1. The maximum atomic E-state index is 11.7. The van der Waals surface area contributed by atoms with E-state index in [0.717, 1.165) is 12.8 Å². The van der Waals surface area contributed by atoms with Gasteiger partial charge in [0.15, 0.2) is 0 Å². The van der Waals surface area contributed by atoms with E-state index in [4.69, 9.17) is 0 Å². The van der Waals surface area contributed by atoms with Gasteiger partial charge in [0, 0.05) is 12.6 Å². The predicted octanol–water partition coefficient (Wildman–Crippen LogP) is 3.63. The second kappa shape index (κ2) is 11.1. The minimum atomic E-state index is -0.448. The number of aromatic amines is 1. The van der Waals surface area contributed by atoms with E-state index < -0.39 is 5.69 Å². The molecule has 2 N–H and O–H groups in total. The van der Waals surface area contributed by atoms with Crippen LogP contribution in [0, 0.1) is 0 Å². The van der Waals surface area contributed by atoms with E-state index in [9.17, 15) is 9.59 Å². The third-order valence-corrected chi connectivity index (χ3v) is 3.46. The van der Waals surface area contributed by atoms with E-state index in [1.165, 1.54) is 51.1 Å². The fourth-order valence-corrected chi connectivity index (χ4v) is 2.25. The molecule has 21 heavy (non-hydrogen) atoms. The number of amides is 1. The van der Waals surface area contributed by atoms with Crippen molar-refractivity contribution in [2.45, 2.75) is 71.1 Å². The number of nitrogens with zero attached hydrogens (tertiary/aromatic N) is 1. The largest absolute Gasteiger partial charge is 0.346 e. The van der Waals surface area contributed by atoms with Crippen molar-refractivity contribution >= 4 is 11.7 Å². The van der Waals surface area contributed by atoms with Crippen LogP contribution in [0.1, 0.15) is 71.1 Å². The van der Waals surface area contributed by atoms with Crippen molar-refractivity contribution in [3.63, 3.8) is 0 Å². The number of nitrogens with one attached hydrogen (secondary N) is 2. The molecule has 0 aromatic carbocycles. The summed E-state index contributed by atoms with van der Waals surface area (Å²) in [7, 11) is 0. The van der Waals surface area contributed by atoms with Crippen LogP contribution in [-0.4, -0.2) is 15.9 Å². The Kier molecular flexibility index (Phi) is 9.16. The molecule has 0 aliphatic heterocycles. The molecule has 5 nitrogen and oxygen atoms in total. The zero-order valence-corrected chi connectivity index (χ0v) is 13.0. The molecule has 0 atom stereocenters.